The highest BCUT2D eigenvalue weighted by Gasteiger charge is 2.17. The Bertz CT molecular complexity index is 682. The van der Waals surface area contributed by atoms with Crippen molar-refractivity contribution >= 4 is 11.9 Å². The van der Waals surface area contributed by atoms with E-state index in [2.05, 4.69) is 32.1 Å². The van der Waals surface area contributed by atoms with Gasteiger partial charge in [0.2, 0.25) is 11.9 Å². The van der Waals surface area contributed by atoms with Crippen LogP contribution >= 0.6 is 0 Å². The van der Waals surface area contributed by atoms with E-state index in [1.54, 1.807) is 7.11 Å². The Hall–Kier alpha value is -2.41. The molecular formula is C18H26N6O. The van der Waals surface area contributed by atoms with Crippen LogP contribution in [-0.4, -0.2) is 40.1 Å². The number of nitrogens with one attached hydrogen (secondary N) is 1. The van der Waals surface area contributed by atoms with Gasteiger partial charge in [-0.25, -0.2) is 0 Å². The number of aromatic nitrogens is 3. The van der Waals surface area contributed by atoms with Gasteiger partial charge < -0.3 is 15.8 Å². The third-order valence-electron chi connectivity index (χ3n) is 4.55. The topological polar surface area (TPSA) is 89.2 Å². The number of piperidine rings is 1. The smallest absolute Gasteiger partial charge is 0.228 e. The molecule has 0 atom stereocenters. The largest absolute Gasteiger partial charge is 0.497 e. The van der Waals surface area contributed by atoms with Gasteiger partial charge in [0, 0.05) is 6.54 Å². The lowest BCUT2D eigenvalue weighted by Gasteiger charge is -2.29. The Morgan fingerprint density at radius 3 is 2.56 bits per heavy atom. The van der Waals surface area contributed by atoms with E-state index < -0.39 is 0 Å². The summed E-state index contributed by atoms with van der Waals surface area (Å²) in [6.45, 7) is 5.81. The molecule has 0 radical (unpaired) electrons. The van der Waals surface area contributed by atoms with Crippen molar-refractivity contribution in [1.29, 1.82) is 0 Å². The minimum Gasteiger partial charge on any atom is -0.497 e. The summed E-state index contributed by atoms with van der Waals surface area (Å²) in [4.78, 5) is 15.4. The zero-order valence-electron chi connectivity index (χ0n) is 14.9. The van der Waals surface area contributed by atoms with E-state index >= 15 is 0 Å². The van der Waals surface area contributed by atoms with E-state index in [0.29, 0.717) is 12.5 Å². The first-order valence-corrected chi connectivity index (χ1v) is 8.72. The molecule has 0 unspecified atom stereocenters. The number of rotatable bonds is 6. The maximum Gasteiger partial charge on any atom is 0.228 e. The summed E-state index contributed by atoms with van der Waals surface area (Å²) in [5.41, 5.74) is 6.97. The molecule has 0 amide bonds. The molecule has 7 nitrogen and oxygen atoms in total. The lowest BCUT2D eigenvalue weighted by Crippen LogP contribution is -2.33. The van der Waals surface area contributed by atoms with Crippen molar-refractivity contribution in [3.05, 3.63) is 35.7 Å². The van der Waals surface area contributed by atoms with E-state index in [1.807, 2.05) is 24.3 Å². The van der Waals surface area contributed by atoms with Crippen molar-refractivity contribution in [1.82, 2.24) is 19.9 Å². The molecule has 0 bridgehead atoms. The molecule has 1 aliphatic rings. The van der Waals surface area contributed by atoms with Gasteiger partial charge in [-0.2, -0.15) is 15.0 Å². The van der Waals surface area contributed by atoms with Crippen LogP contribution in [0.25, 0.3) is 0 Å². The number of nitrogen functional groups attached to an aromatic ring is 1. The zero-order valence-corrected chi connectivity index (χ0v) is 14.9. The molecular weight excluding hydrogens is 316 g/mol. The number of ether oxygens (including phenoxy) is 1. The van der Waals surface area contributed by atoms with Gasteiger partial charge in [-0.3, -0.25) is 4.90 Å². The molecule has 3 rings (SSSR count). The Morgan fingerprint density at radius 1 is 1.16 bits per heavy atom. The lowest BCUT2D eigenvalue weighted by atomic mass is 9.99. The molecule has 1 saturated heterocycles. The van der Waals surface area contributed by atoms with Crippen LogP contribution in [0.3, 0.4) is 0 Å². The Labute approximate surface area is 148 Å². The van der Waals surface area contributed by atoms with Crippen molar-refractivity contribution in [2.24, 2.45) is 5.92 Å². The predicted octanol–water partition coefficient (Wildman–Crippen LogP) is 2.31. The molecule has 1 fully saturated rings. The Kier molecular flexibility index (Phi) is 5.65. The monoisotopic (exact) mass is 342 g/mol. The molecule has 1 aromatic carbocycles. The second kappa shape index (κ2) is 8.11. The summed E-state index contributed by atoms with van der Waals surface area (Å²) in [6.07, 6.45) is 2.45. The summed E-state index contributed by atoms with van der Waals surface area (Å²) in [7, 11) is 1.66. The van der Waals surface area contributed by atoms with Crippen LogP contribution in [0.1, 0.15) is 31.2 Å². The molecule has 2 aromatic rings. The van der Waals surface area contributed by atoms with Gasteiger partial charge in [-0.15, -0.1) is 0 Å². The van der Waals surface area contributed by atoms with E-state index in [0.717, 1.165) is 42.7 Å². The highest BCUT2D eigenvalue weighted by molar-refractivity contribution is 5.34. The molecule has 0 aliphatic carbocycles. The van der Waals surface area contributed by atoms with Crippen molar-refractivity contribution in [2.45, 2.75) is 32.9 Å². The minimum atomic E-state index is 0.257. The molecule has 25 heavy (non-hydrogen) atoms. The second-order valence-corrected chi connectivity index (χ2v) is 6.59. The molecule has 134 valence electrons. The first-order valence-electron chi connectivity index (χ1n) is 8.72. The molecule has 1 aliphatic heterocycles. The zero-order chi connectivity index (χ0) is 17.6. The highest BCUT2D eigenvalue weighted by Crippen LogP contribution is 2.18. The maximum atomic E-state index is 5.86. The van der Waals surface area contributed by atoms with Crippen LogP contribution in [0, 0.1) is 5.92 Å². The summed E-state index contributed by atoms with van der Waals surface area (Å²) >= 11 is 0. The quantitative estimate of drug-likeness (QED) is 0.832. The summed E-state index contributed by atoms with van der Waals surface area (Å²) in [6, 6.07) is 7.88. The van der Waals surface area contributed by atoms with Gasteiger partial charge in [0.15, 0.2) is 0 Å². The average Bonchev–Trinajstić information content (AvgIpc) is 2.62. The Balaban J connectivity index is 1.60. The fourth-order valence-electron chi connectivity index (χ4n) is 2.93. The molecule has 0 spiro atoms. The van der Waals surface area contributed by atoms with Crippen molar-refractivity contribution in [2.75, 3.05) is 31.2 Å². The molecule has 1 aromatic heterocycles. The van der Waals surface area contributed by atoms with Gasteiger partial charge >= 0.3 is 0 Å². The SMILES string of the molecule is COc1ccc(CNc2nc(N)nc(CN3CCC(C)CC3)n2)cc1. The van der Waals surface area contributed by atoms with E-state index in [9.17, 15) is 0 Å². The van der Waals surface area contributed by atoms with Crippen molar-refractivity contribution in [3.8, 4) is 5.75 Å². The van der Waals surface area contributed by atoms with Crippen LogP contribution in [0.2, 0.25) is 0 Å². The molecule has 7 heteroatoms. The van der Waals surface area contributed by atoms with Gasteiger partial charge in [0.25, 0.3) is 0 Å². The third-order valence-corrected chi connectivity index (χ3v) is 4.55. The van der Waals surface area contributed by atoms with E-state index in [-0.39, 0.29) is 5.95 Å². The first kappa shape index (κ1) is 17.4. The van der Waals surface area contributed by atoms with E-state index in [4.69, 9.17) is 10.5 Å². The van der Waals surface area contributed by atoms with Gasteiger partial charge in [-0.05, 0) is 49.5 Å². The second-order valence-electron chi connectivity index (χ2n) is 6.59. The number of anilines is 2. The van der Waals surface area contributed by atoms with Gasteiger partial charge in [-0.1, -0.05) is 19.1 Å². The summed E-state index contributed by atoms with van der Waals surface area (Å²) in [5, 5.41) is 3.22. The predicted molar refractivity (Wildman–Crippen MR) is 98.2 cm³/mol. The number of hydrogen-bond donors (Lipinski definition) is 2. The standard InChI is InChI=1S/C18H26N6O/c1-13-7-9-24(10-8-13)12-16-21-17(19)23-18(22-16)20-11-14-3-5-15(25-2)6-4-14/h3-6,13H,7-12H2,1-2H3,(H3,19,20,21,22,23). The number of nitrogens with zero attached hydrogens (tertiary/aromatic N) is 4. The molecule has 3 N–H and O–H groups in total. The fraction of sp³-hybridized carbons (Fsp3) is 0.500. The fourth-order valence-corrected chi connectivity index (χ4v) is 2.93. The number of likely N-dealkylation sites (tertiary alicyclic amines) is 1. The van der Waals surface area contributed by atoms with Crippen LogP contribution in [0.15, 0.2) is 24.3 Å². The average molecular weight is 342 g/mol. The first-order chi connectivity index (χ1) is 12.1. The number of benzene rings is 1. The number of methoxy groups -OCH3 is 1. The highest BCUT2D eigenvalue weighted by atomic mass is 16.5. The number of nitrogens with two attached hydrogens (primary N) is 1. The van der Waals surface area contributed by atoms with Gasteiger partial charge in [0.05, 0.1) is 13.7 Å². The third kappa shape index (κ3) is 5.03. The molecule has 2 heterocycles. The lowest BCUT2D eigenvalue weighted by molar-refractivity contribution is 0.181. The van der Waals surface area contributed by atoms with E-state index in [1.165, 1.54) is 12.8 Å². The van der Waals surface area contributed by atoms with Crippen LogP contribution < -0.4 is 15.8 Å². The number of hydrogen-bond acceptors (Lipinski definition) is 7. The minimum absolute atomic E-state index is 0.257. The van der Waals surface area contributed by atoms with Crippen LogP contribution in [-0.2, 0) is 13.1 Å². The summed E-state index contributed by atoms with van der Waals surface area (Å²) in [5.74, 6) is 3.14. The van der Waals surface area contributed by atoms with Gasteiger partial charge in [0.1, 0.15) is 11.6 Å². The van der Waals surface area contributed by atoms with Crippen LogP contribution in [0.5, 0.6) is 5.75 Å². The van der Waals surface area contributed by atoms with Crippen molar-refractivity contribution < 1.29 is 4.74 Å². The maximum absolute atomic E-state index is 5.86. The summed E-state index contributed by atoms with van der Waals surface area (Å²) < 4.78 is 5.17. The normalized spacial score (nSPS) is 15.9. The Morgan fingerprint density at radius 2 is 1.88 bits per heavy atom. The molecule has 0 saturated carbocycles. The van der Waals surface area contributed by atoms with Crippen molar-refractivity contribution in [3.63, 3.8) is 0 Å². The van der Waals surface area contributed by atoms with Crippen LogP contribution in [0.4, 0.5) is 11.9 Å².